The summed E-state index contributed by atoms with van der Waals surface area (Å²) in [6.07, 6.45) is 5.04. The molecule has 0 aliphatic rings. The Morgan fingerprint density at radius 2 is 2.10 bits per heavy atom. The van der Waals surface area contributed by atoms with Crippen LogP contribution in [0.2, 0.25) is 0 Å². The lowest BCUT2D eigenvalue weighted by atomic mass is 10.2. The molecule has 0 amide bonds. The van der Waals surface area contributed by atoms with Crippen molar-refractivity contribution in [3.05, 3.63) is 77.7 Å². The van der Waals surface area contributed by atoms with Crippen LogP contribution in [0.5, 0.6) is 0 Å². The quantitative estimate of drug-likeness (QED) is 0.297. The van der Waals surface area contributed by atoms with Gasteiger partial charge in [0.2, 0.25) is 17.5 Å². The lowest BCUT2D eigenvalue weighted by Gasteiger charge is -2.10. The fourth-order valence-corrected chi connectivity index (χ4v) is 4.21. The molecule has 0 N–H and O–H groups in total. The number of allylic oxidation sites excluding steroid dienone is 1. The van der Waals surface area contributed by atoms with Gasteiger partial charge in [0.25, 0.3) is 5.56 Å². The number of benzene rings is 1. The van der Waals surface area contributed by atoms with Crippen molar-refractivity contribution in [1.82, 2.24) is 34.3 Å². The molecule has 31 heavy (non-hydrogen) atoms. The maximum absolute atomic E-state index is 12.9. The van der Waals surface area contributed by atoms with Crippen molar-refractivity contribution >= 4 is 28.4 Å². The molecule has 4 heterocycles. The lowest BCUT2D eigenvalue weighted by Crippen LogP contribution is -2.22. The summed E-state index contributed by atoms with van der Waals surface area (Å²) >= 11 is 1.43. The molecule has 0 radical (unpaired) electrons. The first-order valence-corrected chi connectivity index (χ1v) is 10.4. The molecule has 5 rings (SSSR count). The number of nitrogens with zero attached hydrogens (tertiary/aromatic N) is 7. The normalized spacial score (nSPS) is 12.4. The molecule has 0 aliphatic carbocycles. The number of thioether (sulfide) groups is 1. The van der Waals surface area contributed by atoms with Crippen LogP contribution in [-0.4, -0.2) is 34.3 Å². The second-order valence-electron chi connectivity index (χ2n) is 6.80. The van der Waals surface area contributed by atoms with Crippen LogP contribution in [0.15, 0.2) is 75.9 Å². The SMILES string of the molecule is C=CCn1c(=O)c2ccccc2n2c(SC(C)c3nc(-c4cccnc4)no3)nnc12. The van der Waals surface area contributed by atoms with E-state index in [0.717, 1.165) is 11.1 Å². The van der Waals surface area contributed by atoms with E-state index in [0.29, 0.717) is 34.6 Å². The first-order chi connectivity index (χ1) is 15.2. The second-order valence-corrected chi connectivity index (χ2v) is 8.11. The molecule has 1 unspecified atom stereocenters. The Bertz CT molecular complexity index is 1460. The standard InChI is InChI=1S/C21H17N7O2S/c1-3-11-27-19(29)15-8-4-5-9-16(15)28-20(27)24-25-21(28)31-13(2)18-23-17(26-30-18)14-7-6-10-22-12-14/h3-10,12-13H,1,11H2,2H3. The van der Waals surface area contributed by atoms with Crippen LogP contribution in [0.4, 0.5) is 0 Å². The minimum Gasteiger partial charge on any atom is -0.338 e. The maximum Gasteiger partial charge on any atom is 0.263 e. The second kappa shape index (κ2) is 7.80. The van der Waals surface area contributed by atoms with Crippen molar-refractivity contribution in [2.75, 3.05) is 0 Å². The van der Waals surface area contributed by atoms with E-state index in [2.05, 4.69) is 31.9 Å². The Labute approximate surface area is 180 Å². The Morgan fingerprint density at radius 1 is 1.23 bits per heavy atom. The highest BCUT2D eigenvalue weighted by molar-refractivity contribution is 7.99. The molecule has 10 heteroatoms. The average Bonchev–Trinajstić information content (AvgIpc) is 3.45. The van der Waals surface area contributed by atoms with Crippen LogP contribution >= 0.6 is 11.8 Å². The molecule has 0 fully saturated rings. The van der Waals surface area contributed by atoms with E-state index < -0.39 is 0 Å². The van der Waals surface area contributed by atoms with Gasteiger partial charge in [-0.1, -0.05) is 35.1 Å². The smallest absolute Gasteiger partial charge is 0.263 e. The van der Waals surface area contributed by atoms with E-state index in [9.17, 15) is 4.79 Å². The van der Waals surface area contributed by atoms with Gasteiger partial charge >= 0.3 is 0 Å². The van der Waals surface area contributed by atoms with Gasteiger partial charge in [0.1, 0.15) is 0 Å². The molecule has 0 saturated carbocycles. The minimum absolute atomic E-state index is 0.127. The molecule has 0 aliphatic heterocycles. The zero-order chi connectivity index (χ0) is 21.4. The molecule has 154 valence electrons. The van der Waals surface area contributed by atoms with E-state index in [4.69, 9.17) is 4.52 Å². The Kier molecular flexibility index (Phi) is 4.83. The van der Waals surface area contributed by atoms with Crippen LogP contribution in [0.1, 0.15) is 18.1 Å². The zero-order valence-electron chi connectivity index (χ0n) is 16.5. The fourth-order valence-electron chi connectivity index (χ4n) is 3.32. The van der Waals surface area contributed by atoms with Crippen LogP contribution < -0.4 is 5.56 Å². The van der Waals surface area contributed by atoms with Crippen LogP contribution in [-0.2, 0) is 6.54 Å². The van der Waals surface area contributed by atoms with Gasteiger partial charge in [-0.05, 0) is 31.2 Å². The highest BCUT2D eigenvalue weighted by Gasteiger charge is 2.22. The number of fused-ring (bicyclic) bond motifs is 3. The van der Waals surface area contributed by atoms with Crippen molar-refractivity contribution in [2.24, 2.45) is 0 Å². The van der Waals surface area contributed by atoms with Crippen molar-refractivity contribution in [2.45, 2.75) is 23.9 Å². The molecule has 1 atom stereocenters. The maximum atomic E-state index is 12.9. The predicted molar refractivity (Wildman–Crippen MR) is 117 cm³/mol. The van der Waals surface area contributed by atoms with Gasteiger partial charge in [0.15, 0.2) is 5.16 Å². The number of hydrogen-bond acceptors (Lipinski definition) is 8. The monoisotopic (exact) mass is 431 g/mol. The molecule has 1 aromatic carbocycles. The largest absolute Gasteiger partial charge is 0.338 e. The van der Waals surface area contributed by atoms with E-state index in [1.165, 1.54) is 11.8 Å². The van der Waals surface area contributed by atoms with E-state index in [1.807, 2.05) is 41.7 Å². The number of aromatic nitrogens is 7. The van der Waals surface area contributed by atoms with Gasteiger partial charge in [-0.3, -0.25) is 18.7 Å². The number of para-hydroxylation sites is 1. The third-order valence-electron chi connectivity index (χ3n) is 4.78. The van der Waals surface area contributed by atoms with E-state index in [1.54, 1.807) is 29.1 Å². The summed E-state index contributed by atoms with van der Waals surface area (Å²) in [7, 11) is 0. The van der Waals surface area contributed by atoms with Gasteiger partial charge in [0, 0.05) is 24.5 Å². The van der Waals surface area contributed by atoms with Gasteiger partial charge in [-0.15, -0.1) is 16.8 Å². The summed E-state index contributed by atoms with van der Waals surface area (Å²) in [6.45, 7) is 6.04. The van der Waals surface area contributed by atoms with Crippen LogP contribution in [0.25, 0.3) is 28.1 Å². The average molecular weight is 431 g/mol. The van der Waals surface area contributed by atoms with Crippen molar-refractivity contribution in [3.8, 4) is 11.4 Å². The first-order valence-electron chi connectivity index (χ1n) is 9.55. The van der Waals surface area contributed by atoms with Crippen molar-refractivity contribution in [3.63, 3.8) is 0 Å². The fraction of sp³-hybridized carbons (Fsp3) is 0.143. The summed E-state index contributed by atoms with van der Waals surface area (Å²) in [4.78, 5) is 21.5. The molecule has 9 nitrogen and oxygen atoms in total. The molecular formula is C21H17N7O2S. The lowest BCUT2D eigenvalue weighted by molar-refractivity contribution is 0.380. The Hall–Kier alpha value is -3.79. The van der Waals surface area contributed by atoms with E-state index >= 15 is 0 Å². The minimum atomic E-state index is -0.191. The van der Waals surface area contributed by atoms with E-state index in [-0.39, 0.29) is 10.8 Å². The zero-order valence-corrected chi connectivity index (χ0v) is 17.4. The molecular weight excluding hydrogens is 414 g/mol. The van der Waals surface area contributed by atoms with Crippen LogP contribution in [0.3, 0.4) is 0 Å². The highest BCUT2D eigenvalue weighted by Crippen LogP contribution is 2.34. The third kappa shape index (κ3) is 3.30. The molecule has 5 aromatic rings. The summed E-state index contributed by atoms with van der Waals surface area (Å²) < 4.78 is 8.91. The van der Waals surface area contributed by atoms with Gasteiger partial charge in [-0.2, -0.15) is 4.98 Å². The third-order valence-corrected chi connectivity index (χ3v) is 5.81. The number of rotatable bonds is 6. The van der Waals surface area contributed by atoms with Gasteiger partial charge < -0.3 is 4.52 Å². The van der Waals surface area contributed by atoms with Gasteiger partial charge in [0.05, 0.1) is 16.2 Å². The topological polar surface area (TPSA) is 104 Å². The predicted octanol–water partition coefficient (Wildman–Crippen LogP) is 3.53. The molecule has 0 bridgehead atoms. The molecule has 0 spiro atoms. The summed E-state index contributed by atoms with van der Waals surface area (Å²) in [6, 6.07) is 11.1. The Morgan fingerprint density at radius 3 is 2.90 bits per heavy atom. The number of pyridine rings is 1. The summed E-state index contributed by atoms with van der Waals surface area (Å²) in [5.74, 6) is 1.40. The Balaban J connectivity index is 1.56. The number of hydrogen-bond donors (Lipinski definition) is 0. The highest BCUT2D eigenvalue weighted by atomic mass is 32.2. The van der Waals surface area contributed by atoms with Crippen molar-refractivity contribution < 1.29 is 4.52 Å². The molecule has 0 saturated heterocycles. The molecule has 4 aromatic heterocycles. The first kappa shape index (κ1) is 19.2. The van der Waals surface area contributed by atoms with Gasteiger partial charge in [-0.25, -0.2) is 0 Å². The summed E-state index contributed by atoms with van der Waals surface area (Å²) in [5, 5.41) is 13.7. The van der Waals surface area contributed by atoms with Crippen LogP contribution in [0, 0.1) is 0 Å². The summed E-state index contributed by atoms with van der Waals surface area (Å²) in [5.41, 5.74) is 1.39. The van der Waals surface area contributed by atoms with Crippen molar-refractivity contribution in [1.29, 1.82) is 0 Å².